The number of pyridine rings is 1. The van der Waals surface area contributed by atoms with Crippen LogP contribution in [0.5, 0.6) is 5.88 Å². The highest BCUT2D eigenvalue weighted by Gasteiger charge is 2.16. The van der Waals surface area contributed by atoms with Gasteiger partial charge >= 0.3 is 0 Å². The third-order valence-electron chi connectivity index (χ3n) is 3.64. The van der Waals surface area contributed by atoms with Crippen LogP contribution >= 0.6 is 0 Å². The Kier molecular flexibility index (Phi) is 7.46. The third kappa shape index (κ3) is 5.48. The Bertz CT molecular complexity index is 705. The fraction of sp³-hybridized carbons (Fsp3) is 0.471. The summed E-state index contributed by atoms with van der Waals surface area (Å²) >= 11 is 0. The average molecular weight is 369 g/mol. The largest absolute Gasteiger partial charge is 0.473 e. The zero-order valence-electron chi connectivity index (χ0n) is 14.4. The highest BCUT2D eigenvalue weighted by atomic mass is 19.3. The van der Waals surface area contributed by atoms with Gasteiger partial charge in [0.2, 0.25) is 5.88 Å². The van der Waals surface area contributed by atoms with Crippen LogP contribution in [0, 0.1) is 0 Å². The average Bonchev–Trinajstić information content (AvgIpc) is 3.04. The number of hydrogen-bond acceptors (Lipinski definition) is 6. The second-order valence-electron chi connectivity index (χ2n) is 5.57. The summed E-state index contributed by atoms with van der Waals surface area (Å²) in [6.07, 6.45) is 1.29. The Hall–Kier alpha value is -2.55. The molecule has 2 aromatic rings. The van der Waals surface area contributed by atoms with Crippen molar-refractivity contribution in [1.82, 2.24) is 15.5 Å². The number of aromatic nitrogens is 2. The van der Waals surface area contributed by atoms with Gasteiger partial charge in [-0.2, -0.15) is 0 Å². The highest BCUT2D eigenvalue weighted by Crippen LogP contribution is 2.19. The Morgan fingerprint density at radius 2 is 2.23 bits per heavy atom. The predicted molar refractivity (Wildman–Crippen MR) is 87.9 cm³/mol. The molecule has 0 spiro atoms. The summed E-state index contributed by atoms with van der Waals surface area (Å²) in [6.45, 7) is 1.18. The van der Waals surface area contributed by atoms with E-state index >= 15 is 0 Å². The van der Waals surface area contributed by atoms with E-state index in [0.717, 1.165) is 25.0 Å². The van der Waals surface area contributed by atoms with Gasteiger partial charge in [-0.05, 0) is 18.9 Å². The maximum absolute atomic E-state index is 12.1. The molecule has 0 aliphatic rings. The minimum Gasteiger partial charge on any atom is -0.473 e. The first-order valence-corrected chi connectivity index (χ1v) is 8.27. The summed E-state index contributed by atoms with van der Waals surface area (Å²) in [6, 6.07) is 2.90. The monoisotopic (exact) mass is 369 g/mol. The number of hydrogen-bond donors (Lipinski definition) is 2. The highest BCUT2D eigenvalue weighted by molar-refractivity contribution is 5.93. The van der Waals surface area contributed by atoms with Gasteiger partial charge in [0.25, 0.3) is 12.3 Å². The Labute approximate surface area is 149 Å². The summed E-state index contributed by atoms with van der Waals surface area (Å²) in [5, 5.41) is 15.4. The molecule has 1 amide bonds. The Morgan fingerprint density at radius 1 is 1.42 bits per heavy atom. The molecule has 0 aliphatic heterocycles. The van der Waals surface area contributed by atoms with E-state index in [1.807, 2.05) is 0 Å². The van der Waals surface area contributed by atoms with E-state index in [-0.39, 0.29) is 24.7 Å². The van der Waals surface area contributed by atoms with Crippen LogP contribution in [0.4, 0.5) is 8.78 Å². The summed E-state index contributed by atoms with van der Waals surface area (Å²) in [7, 11) is 0. The minimum absolute atomic E-state index is 0.113. The van der Waals surface area contributed by atoms with Crippen LogP contribution in [0.2, 0.25) is 0 Å². The van der Waals surface area contributed by atoms with Crippen molar-refractivity contribution in [1.29, 1.82) is 0 Å². The van der Waals surface area contributed by atoms with Gasteiger partial charge < -0.3 is 19.7 Å². The molecule has 142 valence electrons. The van der Waals surface area contributed by atoms with E-state index in [2.05, 4.69) is 22.4 Å². The quantitative estimate of drug-likeness (QED) is 0.668. The van der Waals surface area contributed by atoms with Gasteiger partial charge in [-0.25, -0.2) is 13.8 Å². The molecule has 0 atom stereocenters. The number of aliphatic hydroxyl groups excluding tert-OH is 1. The SMILES string of the molecule is CCCCc1noc(CO)c1COc1ccc(C(=O)NCC(F)F)cn1. The second kappa shape index (κ2) is 9.81. The van der Waals surface area contributed by atoms with Crippen LogP contribution in [0.15, 0.2) is 22.9 Å². The molecule has 0 bridgehead atoms. The molecule has 0 saturated heterocycles. The smallest absolute Gasteiger partial charge is 0.255 e. The molecule has 7 nitrogen and oxygen atoms in total. The fourth-order valence-electron chi connectivity index (χ4n) is 2.23. The summed E-state index contributed by atoms with van der Waals surface area (Å²) in [4.78, 5) is 15.6. The third-order valence-corrected chi connectivity index (χ3v) is 3.64. The summed E-state index contributed by atoms with van der Waals surface area (Å²) in [5.74, 6) is -0.0335. The molecule has 0 unspecified atom stereocenters. The van der Waals surface area contributed by atoms with Crippen LogP contribution in [0.1, 0.15) is 47.1 Å². The Morgan fingerprint density at radius 3 is 2.85 bits per heavy atom. The zero-order chi connectivity index (χ0) is 18.9. The molecular weight excluding hydrogens is 348 g/mol. The molecule has 2 rings (SSSR count). The van der Waals surface area contributed by atoms with Gasteiger partial charge in [0.05, 0.1) is 23.4 Å². The van der Waals surface area contributed by atoms with E-state index in [0.29, 0.717) is 11.3 Å². The van der Waals surface area contributed by atoms with E-state index in [1.54, 1.807) is 0 Å². The number of unbranched alkanes of at least 4 members (excludes halogenated alkanes) is 1. The van der Waals surface area contributed by atoms with E-state index in [4.69, 9.17) is 9.26 Å². The maximum atomic E-state index is 12.1. The van der Waals surface area contributed by atoms with Crippen molar-refractivity contribution in [2.24, 2.45) is 0 Å². The predicted octanol–water partition coefficient (Wildman–Crippen LogP) is 2.48. The molecule has 2 aromatic heterocycles. The lowest BCUT2D eigenvalue weighted by atomic mass is 10.1. The zero-order valence-corrected chi connectivity index (χ0v) is 14.4. The van der Waals surface area contributed by atoms with Crippen molar-refractivity contribution in [3.05, 3.63) is 40.9 Å². The van der Waals surface area contributed by atoms with Crippen LogP contribution in [0.25, 0.3) is 0 Å². The van der Waals surface area contributed by atoms with Crippen molar-refractivity contribution in [2.45, 2.75) is 45.8 Å². The number of halogens is 2. The number of aryl methyl sites for hydroxylation is 1. The summed E-state index contributed by atoms with van der Waals surface area (Å²) in [5.41, 5.74) is 1.57. The topological polar surface area (TPSA) is 97.5 Å². The normalized spacial score (nSPS) is 11.0. The molecule has 0 radical (unpaired) electrons. The first kappa shape index (κ1) is 19.8. The molecule has 0 saturated carbocycles. The van der Waals surface area contributed by atoms with Gasteiger partial charge in [0.15, 0.2) is 5.76 Å². The minimum atomic E-state index is -2.61. The van der Waals surface area contributed by atoms with Gasteiger partial charge in [0, 0.05) is 12.3 Å². The number of rotatable bonds is 10. The van der Waals surface area contributed by atoms with Crippen molar-refractivity contribution in [3.8, 4) is 5.88 Å². The van der Waals surface area contributed by atoms with Crippen LogP contribution in [-0.2, 0) is 19.6 Å². The fourth-order valence-corrected chi connectivity index (χ4v) is 2.23. The second-order valence-corrected chi connectivity index (χ2v) is 5.57. The Balaban J connectivity index is 1.97. The number of carbonyl (C=O) groups excluding carboxylic acids is 1. The molecule has 0 aliphatic carbocycles. The van der Waals surface area contributed by atoms with Gasteiger partial charge in [-0.3, -0.25) is 4.79 Å². The molecular formula is C17H21F2N3O4. The van der Waals surface area contributed by atoms with E-state index in [1.165, 1.54) is 18.3 Å². The molecule has 2 N–H and O–H groups in total. The molecule has 0 fully saturated rings. The number of nitrogens with one attached hydrogen (secondary N) is 1. The first-order valence-electron chi connectivity index (χ1n) is 8.27. The first-order chi connectivity index (χ1) is 12.5. The van der Waals surface area contributed by atoms with Crippen LogP contribution in [0.3, 0.4) is 0 Å². The van der Waals surface area contributed by atoms with Gasteiger partial charge in [0.1, 0.15) is 13.2 Å². The van der Waals surface area contributed by atoms with Crippen molar-refractivity contribution < 1.29 is 27.9 Å². The molecule has 9 heteroatoms. The van der Waals surface area contributed by atoms with E-state index < -0.39 is 18.9 Å². The number of ether oxygens (including phenoxy) is 1. The van der Waals surface area contributed by atoms with Gasteiger partial charge in [-0.15, -0.1) is 0 Å². The lowest BCUT2D eigenvalue weighted by Crippen LogP contribution is -2.28. The van der Waals surface area contributed by atoms with E-state index in [9.17, 15) is 18.7 Å². The van der Waals surface area contributed by atoms with Crippen molar-refractivity contribution in [2.75, 3.05) is 6.54 Å². The molecule has 0 aromatic carbocycles. The molecule has 2 heterocycles. The van der Waals surface area contributed by atoms with Crippen molar-refractivity contribution in [3.63, 3.8) is 0 Å². The number of aliphatic hydroxyl groups is 1. The van der Waals surface area contributed by atoms with Crippen molar-refractivity contribution >= 4 is 5.91 Å². The number of nitrogens with zero attached hydrogens (tertiary/aromatic N) is 2. The van der Waals surface area contributed by atoms with Crippen LogP contribution < -0.4 is 10.1 Å². The number of amides is 1. The number of alkyl halides is 2. The standard InChI is InChI=1S/C17H21F2N3O4/c1-2-3-4-13-12(14(9-23)26-22-13)10-25-16-6-5-11(7-20-16)17(24)21-8-15(18)19/h5-7,15,23H,2-4,8-10H2,1H3,(H,21,24). The maximum Gasteiger partial charge on any atom is 0.255 e. The van der Waals surface area contributed by atoms with Crippen LogP contribution in [-0.4, -0.2) is 34.1 Å². The summed E-state index contributed by atoms with van der Waals surface area (Å²) < 4.78 is 34.9. The lowest BCUT2D eigenvalue weighted by molar-refractivity contribution is 0.0891. The number of carbonyl (C=O) groups is 1. The molecule has 26 heavy (non-hydrogen) atoms. The van der Waals surface area contributed by atoms with Gasteiger partial charge in [-0.1, -0.05) is 18.5 Å². The lowest BCUT2D eigenvalue weighted by Gasteiger charge is -2.07.